The van der Waals surface area contributed by atoms with Crippen LogP contribution >= 0.6 is 0 Å². The number of pyridine rings is 1. The van der Waals surface area contributed by atoms with Crippen LogP contribution in [-0.2, 0) is 17.7 Å². The molecular formula is C23H32FN5O. The minimum Gasteiger partial charge on any atom is -0.372 e. The number of ether oxygens (including phenoxy) is 1. The summed E-state index contributed by atoms with van der Waals surface area (Å²) in [5, 5.41) is 6.59. The highest BCUT2D eigenvalue weighted by atomic mass is 19.1. The van der Waals surface area contributed by atoms with Crippen LogP contribution in [0, 0.1) is 5.82 Å². The van der Waals surface area contributed by atoms with Gasteiger partial charge in [-0.15, -0.1) is 0 Å². The number of aromatic nitrogens is 1. The van der Waals surface area contributed by atoms with E-state index in [0.29, 0.717) is 6.54 Å². The number of nitrogens with one attached hydrogen (secondary N) is 2. The monoisotopic (exact) mass is 413 g/mol. The Hall–Kier alpha value is -2.67. The van der Waals surface area contributed by atoms with Crippen LogP contribution in [0.1, 0.15) is 31.9 Å². The summed E-state index contributed by atoms with van der Waals surface area (Å²) in [6.07, 6.45) is 3.12. The second kappa shape index (κ2) is 10.9. The van der Waals surface area contributed by atoms with Crippen molar-refractivity contribution in [1.82, 2.24) is 15.6 Å². The molecule has 2 N–H and O–H groups in total. The zero-order chi connectivity index (χ0) is 21.3. The molecule has 0 aliphatic carbocycles. The van der Waals surface area contributed by atoms with E-state index >= 15 is 0 Å². The lowest BCUT2D eigenvalue weighted by atomic mass is 10.1. The number of benzene rings is 1. The standard InChI is InChI=1S/C23H32FN5O/c1-4-25-23(26-12-11-19-5-8-21(24)9-6-19)28-14-20-7-10-22(27-13-20)29-15-17(2)30-18(3)16-29/h5-10,13,17-18H,4,11-12,14-16H2,1-3H3,(H2,25,26,28). The van der Waals surface area contributed by atoms with Crippen LogP contribution in [0.2, 0.25) is 0 Å². The Labute approximate surface area is 178 Å². The number of rotatable bonds is 7. The SMILES string of the molecule is CCNC(=NCc1ccc(N2CC(C)OC(C)C2)nc1)NCCc1ccc(F)cc1. The molecule has 7 heteroatoms. The van der Waals surface area contributed by atoms with Gasteiger partial charge in [0, 0.05) is 32.4 Å². The molecule has 6 nitrogen and oxygen atoms in total. The summed E-state index contributed by atoms with van der Waals surface area (Å²) in [5.74, 6) is 1.53. The molecule has 2 atom stereocenters. The Morgan fingerprint density at radius 1 is 1.10 bits per heavy atom. The molecule has 162 valence electrons. The number of anilines is 1. The molecule has 2 unspecified atom stereocenters. The molecule has 30 heavy (non-hydrogen) atoms. The van der Waals surface area contributed by atoms with Crippen LogP contribution in [0.15, 0.2) is 47.6 Å². The summed E-state index contributed by atoms with van der Waals surface area (Å²) in [7, 11) is 0. The number of hydrogen-bond acceptors (Lipinski definition) is 4. The molecule has 1 fully saturated rings. The van der Waals surface area contributed by atoms with E-state index in [9.17, 15) is 4.39 Å². The largest absolute Gasteiger partial charge is 0.372 e. The van der Waals surface area contributed by atoms with Gasteiger partial charge in [0.15, 0.2) is 5.96 Å². The Morgan fingerprint density at radius 3 is 2.43 bits per heavy atom. The first kappa shape index (κ1) is 22.0. The van der Waals surface area contributed by atoms with Gasteiger partial charge in [-0.25, -0.2) is 14.4 Å². The third-order valence-electron chi connectivity index (χ3n) is 4.94. The third kappa shape index (κ3) is 6.69. The number of nitrogens with zero attached hydrogens (tertiary/aromatic N) is 3. The molecule has 2 heterocycles. The molecular weight excluding hydrogens is 381 g/mol. The summed E-state index contributed by atoms with van der Waals surface area (Å²) in [5.41, 5.74) is 2.15. The first-order chi connectivity index (χ1) is 14.5. The number of morpholine rings is 1. The number of aliphatic imine (C=N–C) groups is 1. The molecule has 0 bridgehead atoms. The zero-order valence-corrected chi connectivity index (χ0v) is 18.1. The van der Waals surface area contributed by atoms with E-state index in [1.807, 2.05) is 25.3 Å². The fraction of sp³-hybridized carbons (Fsp3) is 0.478. The fourth-order valence-corrected chi connectivity index (χ4v) is 3.55. The Bertz CT molecular complexity index is 799. The average molecular weight is 414 g/mol. The van der Waals surface area contributed by atoms with Crippen LogP contribution in [0.3, 0.4) is 0 Å². The maximum absolute atomic E-state index is 13.0. The van der Waals surface area contributed by atoms with Gasteiger partial charge in [0.2, 0.25) is 0 Å². The van der Waals surface area contributed by atoms with Crippen molar-refractivity contribution < 1.29 is 9.13 Å². The fourth-order valence-electron chi connectivity index (χ4n) is 3.55. The maximum Gasteiger partial charge on any atom is 0.191 e. The van der Waals surface area contributed by atoms with E-state index in [1.165, 1.54) is 12.1 Å². The smallest absolute Gasteiger partial charge is 0.191 e. The van der Waals surface area contributed by atoms with Crippen molar-refractivity contribution in [3.05, 3.63) is 59.5 Å². The van der Waals surface area contributed by atoms with E-state index < -0.39 is 0 Å². The van der Waals surface area contributed by atoms with E-state index in [1.54, 1.807) is 0 Å². The quantitative estimate of drug-likeness (QED) is 0.539. The highest BCUT2D eigenvalue weighted by Gasteiger charge is 2.22. The normalized spacial score (nSPS) is 19.6. The molecule has 1 aromatic carbocycles. The molecule has 1 aliphatic heterocycles. The Kier molecular flexibility index (Phi) is 8.02. The van der Waals surface area contributed by atoms with Gasteiger partial charge >= 0.3 is 0 Å². The Balaban J connectivity index is 1.52. The molecule has 1 aliphatic rings. The van der Waals surface area contributed by atoms with Crippen molar-refractivity contribution in [2.75, 3.05) is 31.1 Å². The molecule has 3 rings (SSSR count). The van der Waals surface area contributed by atoms with Crippen molar-refractivity contribution in [2.45, 2.75) is 45.9 Å². The van der Waals surface area contributed by atoms with Crippen LogP contribution in [-0.4, -0.2) is 49.3 Å². The molecule has 0 saturated carbocycles. The molecule has 2 aromatic rings. The second-order valence-corrected chi connectivity index (χ2v) is 7.69. The summed E-state index contributed by atoms with van der Waals surface area (Å²) in [6.45, 7) is 10.0. The van der Waals surface area contributed by atoms with Gasteiger partial charge in [-0.3, -0.25) is 0 Å². The highest BCUT2D eigenvalue weighted by Crippen LogP contribution is 2.18. The van der Waals surface area contributed by atoms with E-state index in [-0.39, 0.29) is 18.0 Å². The van der Waals surface area contributed by atoms with Crippen molar-refractivity contribution in [3.8, 4) is 0 Å². The predicted molar refractivity (Wildman–Crippen MR) is 119 cm³/mol. The van der Waals surface area contributed by atoms with Gasteiger partial charge < -0.3 is 20.3 Å². The van der Waals surface area contributed by atoms with Gasteiger partial charge in [-0.1, -0.05) is 18.2 Å². The van der Waals surface area contributed by atoms with E-state index in [2.05, 4.69) is 51.5 Å². The van der Waals surface area contributed by atoms with E-state index in [4.69, 9.17) is 4.74 Å². The van der Waals surface area contributed by atoms with Crippen molar-refractivity contribution >= 4 is 11.8 Å². The molecule has 1 saturated heterocycles. The number of halogens is 1. The van der Waals surface area contributed by atoms with Gasteiger partial charge in [0.25, 0.3) is 0 Å². The van der Waals surface area contributed by atoms with Gasteiger partial charge in [-0.05, 0) is 56.5 Å². The summed E-state index contributed by atoms with van der Waals surface area (Å²) < 4.78 is 18.8. The minimum atomic E-state index is -0.209. The van der Waals surface area contributed by atoms with Crippen molar-refractivity contribution in [1.29, 1.82) is 0 Å². The minimum absolute atomic E-state index is 0.209. The molecule has 0 radical (unpaired) electrons. The molecule has 0 amide bonds. The molecule has 1 aromatic heterocycles. The molecule has 0 spiro atoms. The summed E-state index contributed by atoms with van der Waals surface area (Å²) in [6, 6.07) is 10.7. The highest BCUT2D eigenvalue weighted by molar-refractivity contribution is 5.79. The van der Waals surface area contributed by atoms with Crippen molar-refractivity contribution in [2.24, 2.45) is 4.99 Å². The number of guanidine groups is 1. The first-order valence-corrected chi connectivity index (χ1v) is 10.7. The lowest BCUT2D eigenvalue weighted by Crippen LogP contribution is -2.45. The second-order valence-electron chi connectivity index (χ2n) is 7.69. The van der Waals surface area contributed by atoms with Crippen LogP contribution < -0.4 is 15.5 Å². The van der Waals surface area contributed by atoms with Gasteiger partial charge in [0.05, 0.1) is 18.8 Å². The predicted octanol–water partition coefficient (Wildman–Crippen LogP) is 3.13. The van der Waals surface area contributed by atoms with E-state index in [0.717, 1.165) is 55.5 Å². The van der Waals surface area contributed by atoms with Crippen LogP contribution in [0.4, 0.5) is 10.2 Å². The van der Waals surface area contributed by atoms with Gasteiger partial charge in [-0.2, -0.15) is 0 Å². The topological polar surface area (TPSA) is 61.8 Å². The summed E-state index contributed by atoms with van der Waals surface area (Å²) >= 11 is 0. The zero-order valence-electron chi connectivity index (χ0n) is 18.1. The van der Waals surface area contributed by atoms with Crippen LogP contribution in [0.5, 0.6) is 0 Å². The third-order valence-corrected chi connectivity index (χ3v) is 4.94. The lowest BCUT2D eigenvalue weighted by Gasteiger charge is -2.36. The van der Waals surface area contributed by atoms with Gasteiger partial charge in [0.1, 0.15) is 11.6 Å². The Morgan fingerprint density at radius 2 is 1.80 bits per heavy atom. The first-order valence-electron chi connectivity index (χ1n) is 10.7. The average Bonchev–Trinajstić information content (AvgIpc) is 2.73. The number of hydrogen-bond donors (Lipinski definition) is 2. The lowest BCUT2D eigenvalue weighted by molar-refractivity contribution is -0.00545. The van der Waals surface area contributed by atoms with Crippen LogP contribution in [0.25, 0.3) is 0 Å². The summed E-state index contributed by atoms with van der Waals surface area (Å²) in [4.78, 5) is 11.6. The maximum atomic E-state index is 13.0. The van der Waals surface area contributed by atoms with Crippen molar-refractivity contribution in [3.63, 3.8) is 0 Å².